The van der Waals surface area contributed by atoms with Crippen molar-refractivity contribution in [3.05, 3.63) is 65.7 Å². The zero-order chi connectivity index (χ0) is 19.9. The molecule has 2 aromatic rings. The highest BCUT2D eigenvalue weighted by atomic mass is 35.5. The average molecular weight is 424 g/mol. The van der Waals surface area contributed by atoms with Crippen molar-refractivity contribution in [1.29, 1.82) is 0 Å². The number of halogens is 3. The van der Waals surface area contributed by atoms with Crippen LogP contribution in [0, 0.1) is 17.6 Å². The monoisotopic (exact) mass is 423 g/mol. The molecule has 0 radical (unpaired) electrons. The number of anilines is 1. The van der Waals surface area contributed by atoms with Crippen molar-refractivity contribution >= 4 is 29.9 Å². The van der Waals surface area contributed by atoms with Gasteiger partial charge in [-0.25, -0.2) is 8.78 Å². The van der Waals surface area contributed by atoms with Gasteiger partial charge in [-0.1, -0.05) is 30.3 Å². The standard InChI is InChI=1S/C21H23F2N3O2.ClH/c22-17-6-2-1-5-16(17)13-26(21(28)15-9-11-24-12-10-15)14-20(27)25-19-8-4-3-7-18(19)23;/h1-8,15,24H,9-14H2,(H,25,27);1H. The quantitative estimate of drug-likeness (QED) is 0.749. The zero-order valence-corrected chi connectivity index (χ0v) is 16.7. The Morgan fingerprint density at radius 3 is 2.28 bits per heavy atom. The minimum absolute atomic E-state index is 0. The summed E-state index contributed by atoms with van der Waals surface area (Å²) in [4.78, 5) is 26.8. The third-order valence-electron chi connectivity index (χ3n) is 4.80. The Bertz CT molecular complexity index is 844. The Labute approximate surface area is 174 Å². The SMILES string of the molecule is Cl.O=C(CN(Cc1ccccc1F)C(=O)C1CCNCC1)Nc1ccccc1F. The molecule has 0 bridgehead atoms. The van der Waals surface area contributed by atoms with Crippen LogP contribution in [0.2, 0.25) is 0 Å². The maximum absolute atomic E-state index is 14.1. The first kappa shape index (κ1) is 22.8. The summed E-state index contributed by atoms with van der Waals surface area (Å²) in [6, 6.07) is 12.0. The van der Waals surface area contributed by atoms with Crippen molar-refractivity contribution in [2.24, 2.45) is 5.92 Å². The second kappa shape index (κ2) is 10.9. The van der Waals surface area contributed by atoms with Gasteiger partial charge in [-0.3, -0.25) is 9.59 Å². The first-order chi connectivity index (χ1) is 13.5. The Kier molecular flexibility index (Phi) is 8.54. The number of benzene rings is 2. The fourth-order valence-electron chi connectivity index (χ4n) is 3.30. The molecule has 1 aliphatic rings. The molecule has 2 N–H and O–H groups in total. The number of rotatable bonds is 6. The summed E-state index contributed by atoms with van der Waals surface area (Å²) in [6.45, 7) is 1.17. The molecule has 0 spiro atoms. The summed E-state index contributed by atoms with van der Waals surface area (Å²) in [5.74, 6) is -1.91. The van der Waals surface area contributed by atoms with Gasteiger partial charge in [0.2, 0.25) is 11.8 Å². The van der Waals surface area contributed by atoms with E-state index >= 15 is 0 Å². The number of nitrogens with zero attached hydrogens (tertiary/aromatic N) is 1. The first-order valence-corrected chi connectivity index (χ1v) is 9.32. The van der Waals surface area contributed by atoms with Crippen LogP contribution < -0.4 is 10.6 Å². The molecule has 0 aliphatic carbocycles. The molecule has 0 unspecified atom stereocenters. The van der Waals surface area contributed by atoms with E-state index in [1.54, 1.807) is 24.3 Å². The van der Waals surface area contributed by atoms with Gasteiger partial charge in [0.05, 0.1) is 5.69 Å². The van der Waals surface area contributed by atoms with Crippen molar-refractivity contribution in [3.8, 4) is 0 Å². The summed E-state index contributed by atoms with van der Waals surface area (Å²) >= 11 is 0. The molecule has 0 atom stereocenters. The fourth-order valence-corrected chi connectivity index (χ4v) is 3.30. The van der Waals surface area contributed by atoms with Crippen LogP contribution in [0.1, 0.15) is 18.4 Å². The van der Waals surface area contributed by atoms with E-state index in [0.717, 1.165) is 13.1 Å². The Morgan fingerprint density at radius 1 is 1.00 bits per heavy atom. The zero-order valence-electron chi connectivity index (χ0n) is 15.9. The molecule has 156 valence electrons. The van der Waals surface area contributed by atoms with Gasteiger partial charge in [0.25, 0.3) is 0 Å². The minimum Gasteiger partial charge on any atom is -0.329 e. The fraction of sp³-hybridized carbons (Fsp3) is 0.333. The molecular formula is C21H24ClF2N3O2. The van der Waals surface area contributed by atoms with Gasteiger partial charge in [-0.2, -0.15) is 0 Å². The number of piperidine rings is 1. The lowest BCUT2D eigenvalue weighted by Crippen LogP contribution is -2.44. The van der Waals surface area contributed by atoms with Gasteiger partial charge in [-0.15, -0.1) is 12.4 Å². The van der Waals surface area contributed by atoms with Crippen LogP contribution in [0.25, 0.3) is 0 Å². The number of amides is 2. The summed E-state index contributed by atoms with van der Waals surface area (Å²) in [7, 11) is 0. The van der Waals surface area contributed by atoms with E-state index in [0.29, 0.717) is 18.4 Å². The molecule has 5 nitrogen and oxygen atoms in total. The van der Waals surface area contributed by atoms with Crippen LogP contribution in [0.4, 0.5) is 14.5 Å². The summed E-state index contributed by atoms with van der Waals surface area (Å²) in [6.07, 6.45) is 1.34. The van der Waals surface area contributed by atoms with Gasteiger partial charge >= 0.3 is 0 Å². The van der Waals surface area contributed by atoms with E-state index < -0.39 is 17.5 Å². The molecule has 2 amide bonds. The molecule has 1 fully saturated rings. The van der Waals surface area contributed by atoms with E-state index in [-0.39, 0.29) is 43.0 Å². The lowest BCUT2D eigenvalue weighted by atomic mass is 9.96. The summed E-state index contributed by atoms with van der Waals surface area (Å²) < 4.78 is 27.9. The Balaban J connectivity index is 0.00000300. The molecular weight excluding hydrogens is 400 g/mol. The minimum atomic E-state index is -0.554. The maximum Gasteiger partial charge on any atom is 0.244 e. The van der Waals surface area contributed by atoms with Gasteiger partial charge in [0.1, 0.15) is 18.2 Å². The van der Waals surface area contributed by atoms with Gasteiger partial charge in [0.15, 0.2) is 0 Å². The molecule has 3 rings (SSSR count). The van der Waals surface area contributed by atoms with Crippen molar-refractivity contribution < 1.29 is 18.4 Å². The molecule has 1 heterocycles. The molecule has 29 heavy (non-hydrogen) atoms. The smallest absolute Gasteiger partial charge is 0.244 e. The number of hydrogen-bond donors (Lipinski definition) is 2. The van der Waals surface area contributed by atoms with E-state index in [9.17, 15) is 18.4 Å². The second-order valence-corrected chi connectivity index (χ2v) is 6.84. The predicted octanol–water partition coefficient (Wildman–Crippen LogP) is 3.35. The summed E-state index contributed by atoms with van der Waals surface area (Å²) in [5, 5.41) is 5.68. The third-order valence-corrected chi connectivity index (χ3v) is 4.80. The number of para-hydroxylation sites is 1. The molecule has 1 saturated heterocycles. The van der Waals surface area contributed by atoms with Gasteiger partial charge < -0.3 is 15.5 Å². The van der Waals surface area contributed by atoms with E-state index in [1.165, 1.54) is 29.2 Å². The van der Waals surface area contributed by atoms with Crippen molar-refractivity contribution in [2.45, 2.75) is 19.4 Å². The Hall–Kier alpha value is -2.51. The van der Waals surface area contributed by atoms with Crippen molar-refractivity contribution in [1.82, 2.24) is 10.2 Å². The second-order valence-electron chi connectivity index (χ2n) is 6.84. The third kappa shape index (κ3) is 6.24. The van der Waals surface area contributed by atoms with Crippen LogP contribution in [0.5, 0.6) is 0 Å². The number of hydrogen-bond acceptors (Lipinski definition) is 3. The highest BCUT2D eigenvalue weighted by molar-refractivity contribution is 5.95. The van der Waals surface area contributed by atoms with Gasteiger partial charge in [-0.05, 0) is 44.1 Å². The highest BCUT2D eigenvalue weighted by Crippen LogP contribution is 2.19. The lowest BCUT2D eigenvalue weighted by Gasteiger charge is -2.29. The predicted molar refractivity (Wildman–Crippen MR) is 110 cm³/mol. The number of carbonyl (C=O) groups excluding carboxylic acids is 2. The number of nitrogens with one attached hydrogen (secondary N) is 2. The molecule has 0 aromatic heterocycles. The van der Waals surface area contributed by atoms with Crippen LogP contribution in [-0.4, -0.2) is 36.3 Å². The Morgan fingerprint density at radius 2 is 1.62 bits per heavy atom. The molecule has 0 saturated carbocycles. The van der Waals surface area contributed by atoms with E-state index in [2.05, 4.69) is 10.6 Å². The topological polar surface area (TPSA) is 61.4 Å². The van der Waals surface area contributed by atoms with Crippen LogP contribution in [0.3, 0.4) is 0 Å². The van der Waals surface area contributed by atoms with E-state index in [1.807, 2.05) is 0 Å². The normalized spacial score (nSPS) is 14.0. The van der Waals surface area contributed by atoms with Crippen LogP contribution in [-0.2, 0) is 16.1 Å². The number of carbonyl (C=O) groups is 2. The van der Waals surface area contributed by atoms with Crippen molar-refractivity contribution in [2.75, 3.05) is 25.0 Å². The van der Waals surface area contributed by atoms with Crippen LogP contribution in [0.15, 0.2) is 48.5 Å². The van der Waals surface area contributed by atoms with Gasteiger partial charge in [0, 0.05) is 18.0 Å². The molecule has 1 aliphatic heterocycles. The molecule has 2 aromatic carbocycles. The van der Waals surface area contributed by atoms with E-state index in [4.69, 9.17) is 0 Å². The highest BCUT2D eigenvalue weighted by Gasteiger charge is 2.28. The summed E-state index contributed by atoms with van der Waals surface area (Å²) in [5.41, 5.74) is 0.385. The van der Waals surface area contributed by atoms with Crippen LogP contribution >= 0.6 is 12.4 Å². The largest absolute Gasteiger partial charge is 0.329 e. The first-order valence-electron chi connectivity index (χ1n) is 9.32. The lowest BCUT2D eigenvalue weighted by molar-refractivity contribution is -0.139. The molecule has 8 heteroatoms. The van der Waals surface area contributed by atoms with Crippen molar-refractivity contribution in [3.63, 3.8) is 0 Å². The maximum atomic E-state index is 14.1. The average Bonchev–Trinajstić information content (AvgIpc) is 2.71.